The molecule has 0 spiro atoms. The second-order valence-corrected chi connectivity index (χ2v) is 6.29. The maximum atomic E-state index is 11.7. The summed E-state index contributed by atoms with van der Waals surface area (Å²) in [5.41, 5.74) is 1.22. The maximum Gasteiger partial charge on any atom is 0.236 e. The van der Waals surface area contributed by atoms with E-state index in [9.17, 15) is 4.79 Å². The van der Waals surface area contributed by atoms with Gasteiger partial charge >= 0.3 is 0 Å². The Morgan fingerprint density at radius 2 is 2.10 bits per heavy atom. The van der Waals surface area contributed by atoms with Crippen molar-refractivity contribution in [3.05, 3.63) is 34.9 Å². The predicted molar refractivity (Wildman–Crippen MR) is 86.4 cm³/mol. The molecule has 1 aromatic carbocycles. The molecule has 2 rings (SSSR count). The van der Waals surface area contributed by atoms with Gasteiger partial charge in [-0.25, -0.2) is 0 Å². The van der Waals surface area contributed by atoms with Crippen LogP contribution in [0.15, 0.2) is 24.3 Å². The van der Waals surface area contributed by atoms with Crippen molar-refractivity contribution in [3.8, 4) is 0 Å². The highest BCUT2D eigenvalue weighted by atomic mass is 35.5. The fraction of sp³-hybridized carbons (Fsp3) is 0.562. The fourth-order valence-corrected chi connectivity index (χ4v) is 2.75. The number of hydrogen-bond donors (Lipinski definition) is 1. The lowest BCUT2D eigenvalue weighted by molar-refractivity contribution is -0.130. The molecule has 1 saturated heterocycles. The lowest BCUT2D eigenvalue weighted by atomic mass is 10.0. The monoisotopic (exact) mass is 309 g/mol. The minimum absolute atomic E-state index is 0.181. The summed E-state index contributed by atoms with van der Waals surface area (Å²) in [4.78, 5) is 15.6. The Balaban J connectivity index is 1.71. The number of likely N-dealkylation sites (N-methyl/N-ethyl adjacent to an activating group) is 1. The first-order valence-electron chi connectivity index (χ1n) is 7.45. The Labute approximate surface area is 132 Å². The average Bonchev–Trinajstić information content (AvgIpc) is 2.46. The number of carbonyl (C=O) groups excluding carboxylic acids is 1. The second-order valence-electron chi connectivity index (χ2n) is 5.85. The average molecular weight is 310 g/mol. The van der Waals surface area contributed by atoms with E-state index in [1.807, 2.05) is 32.3 Å². The van der Waals surface area contributed by atoms with Gasteiger partial charge in [0, 0.05) is 44.8 Å². The summed E-state index contributed by atoms with van der Waals surface area (Å²) >= 11 is 5.99. The highest BCUT2D eigenvalue weighted by Gasteiger charge is 2.20. The third kappa shape index (κ3) is 5.30. The van der Waals surface area contributed by atoms with E-state index in [4.69, 9.17) is 11.6 Å². The van der Waals surface area contributed by atoms with Gasteiger partial charge in [0.05, 0.1) is 6.54 Å². The first kappa shape index (κ1) is 16.3. The molecular formula is C16H24ClN3O. The highest BCUT2D eigenvalue weighted by Crippen LogP contribution is 2.13. The van der Waals surface area contributed by atoms with Gasteiger partial charge in [-0.2, -0.15) is 0 Å². The van der Waals surface area contributed by atoms with E-state index in [-0.39, 0.29) is 5.91 Å². The first-order chi connectivity index (χ1) is 10.0. The summed E-state index contributed by atoms with van der Waals surface area (Å²) in [6.45, 7) is 3.34. The van der Waals surface area contributed by atoms with Crippen molar-refractivity contribution in [1.82, 2.24) is 15.1 Å². The quantitative estimate of drug-likeness (QED) is 0.903. The van der Waals surface area contributed by atoms with Crippen LogP contribution in [0.4, 0.5) is 0 Å². The number of hydrogen-bond acceptors (Lipinski definition) is 3. The zero-order chi connectivity index (χ0) is 15.2. The summed E-state index contributed by atoms with van der Waals surface area (Å²) in [6, 6.07) is 8.48. The van der Waals surface area contributed by atoms with E-state index >= 15 is 0 Å². The topological polar surface area (TPSA) is 35.6 Å². The number of piperidine rings is 1. The van der Waals surface area contributed by atoms with Crippen LogP contribution in [0.2, 0.25) is 5.02 Å². The van der Waals surface area contributed by atoms with Gasteiger partial charge < -0.3 is 10.2 Å². The zero-order valence-corrected chi connectivity index (χ0v) is 13.6. The lowest BCUT2D eigenvalue weighted by Gasteiger charge is -2.32. The molecule has 1 fully saturated rings. The molecule has 0 aliphatic carbocycles. The molecule has 0 aromatic heterocycles. The van der Waals surface area contributed by atoms with E-state index in [1.54, 1.807) is 4.90 Å². The molecule has 0 unspecified atom stereocenters. The molecule has 1 heterocycles. The largest absolute Gasteiger partial charge is 0.348 e. The SMILES string of the molecule is CN(C)C(=O)CN1CCC(NCc2cccc(Cl)c2)CC1. The van der Waals surface area contributed by atoms with Crippen molar-refractivity contribution in [2.24, 2.45) is 0 Å². The van der Waals surface area contributed by atoms with Gasteiger partial charge in [0.25, 0.3) is 0 Å². The van der Waals surface area contributed by atoms with Crippen LogP contribution in [0, 0.1) is 0 Å². The molecule has 0 radical (unpaired) electrons. The number of nitrogens with zero attached hydrogens (tertiary/aromatic N) is 2. The number of likely N-dealkylation sites (tertiary alicyclic amines) is 1. The highest BCUT2D eigenvalue weighted by molar-refractivity contribution is 6.30. The molecule has 1 N–H and O–H groups in total. The van der Waals surface area contributed by atoms with Crippen LogP contribution < -0.4 is 5.32 Å². The Kier molecular flexibility index (Phi) is 6.03. The first-order valence-corrected chi connectivity index (χ1v) is 7.82. The number of benzene rings is 1. The van der Waals surface area contributed by atoms with E-state index < -0.39 is 0 Å². The van der Waals surface area contributed by atoms with Crippen LogP contribution in [-0.4, -0.2) is 55.5 Å². The summed E-state index contributed by atoms with van der Waals surface area (Å²) in [5.74, 6) is 0.181. The van der Waals surface area contributed by atoms with Crippen molar-refractivity contribution in [2.45, 2.75) is 25.4 Å². The molecule has 1 aliphatic rings. The maximum absolute atomic E-state index is 11.7. The predicted octanol–water partition coefficient (Wildman–Crippen LogP) is 1.98. The van der Waals surface area contributed by atoms with E-state index in [0.29, 0.717) is 12.6 Å². The molecule has 1 aliphatic heterocycles. The Hall–Kier alpha value is -1.10. The van der Waals surface area contributed by atoms with Gasteiger partial charge in [-0.15, -0.1) is 0 Å². The van der Waals surface area contributed by atoms with E-state index in [1.165, 1.54) is 5.56 Å². The van der Waals surface area contributed by atoms with Crippen LogP contribution in [-0.2, 0) is 11.3 Å². The molecule has 0 atom stereocenters. The number of carbonyl (C=O) groups is 1. The molecule has 21 heavy (non-hydrogen) atoms. The summed E-state index contributed by atoms with van der Waals surface area (Å²) in [5, 5.41) is 4.36. The van der Waals surface area contributed by atoms with Gasteiger partial charge in [0.2, 0.25) is 5.91 Å². The van der Waals surface area contributed by atoms with Crippen molar-refractivity contribution < 1.29 is 4.79 Å². The minimum Gasteiger partial charge on any atom is -0.348 e. The zero-order valence-electron chi connectivity index (χ0n) is 12.8. The molecule has 116 valence electrons. The fourth-order valence-electron chi connectivity index (χ4n) is 2.54. The standard InChI is InChI=1S/C16H24ClN3O/c1-19(2)16(21)12-20-8-6-15(7-9-20)18-11-13-4-3-5-14(17)10-13/h3-5,10,15,18H,6-9,11-12H2,1-2H3. The van der Waals surface area contributed by atoms with Gasteiger partial charge in [-0.3, -0.25) is 9.69 Å². The number of amides is 1. The Morgan fingerprint density at radius 3 is 2.71 bits per heavy atom. The third-order valence-corrected chi connectivity index (χ3v) is 4.16. The number of rotatable bonds is 5. The van der Waals surface area contributed by atoms with Crippen LogP contribution in [0.1, 0.15) is 18.4 Å². The van der Waals surface area contributed by atoms with Crippen molar-refractivity contribution in [1.29, 1.82) is 0 Å². The summed E-state index contributed by atoms with van der Waals surface area (Å²) in [6.07, 6.45) is 2.17. The molecular weight excluding hydrogens is 286 g/mol. The molecule has 4 nitrogen and oxygen atoms in total. The summed E-state index contributed by atoms with van der Waals surface area (Å²) < 4.78 is 0. The molecule has 0 bridgehead atoms. The van der Waals surface area contributed by atoms with Gasteiger partial charge in [0.15, 0.2) is 0 Å². The van der Waals surface area contributed by atoms with Gasteiger partial charge in [-0.1, -0.05) is 23.7 Å². The molecule has 5 heteroatoms. The Bertz CT molecular complexity index is 470. The normalized spacial score (nSPS) is 16.9. The molecule has 1 amide bonds. The van der Waals surface area contributed by atoms with Crippen LogP contribution in [0.25, 0.3) is 0 Å². The van der Waals surface area contributed by atoms with Crippen LogP contribution in [0.3, 0.4) is 0 Å². The van der Waals surface area contributed by atoms with Crippen molar-refractivity contribution in [2.75, 3.05) is 33.7 Å². The van der Waals surface area contributed by atoms with Gasteiger partial charge in [-0.05, 0) is 30.5 Å². The second kappa shape index (κ2) is 7.78. The molecule has 0 saturated carbocycles. The minimum atomic E-state index is 0.181. The van der Waals surface area contributed by atoms with Crippen LogP contribution in [0.5, 0.6) is 0 Å². The molecule has 1 aromatic rings. The van der Waals surface area contributed by atoms with Crippen molar-refractivity contribution >= 4 is 17.5 Å². The van der Waals surface area contributed by atoms with Gasteiger partial charge in [0.1, 0.15) is 0 Å². The number of nitrogens with one attached hydrogen (secondary N) is 1. The van der Waals surface area contributed by atoms with Crippen LogP contribution >= 0.6 is 11.6 Å². The lowest BCUT2D eigenvalue weighted by Crippen LogP contribution is -2.45. The smallest absolute Gasteiger partial charge is 0.236 e. The summed E-state index contributed by atoms with van der Waals surface area (Å²) in [7, 11) is 3.61. The van der Waals surface area contributed by atoms with E-state index in [0.717, 1.165) is 37.5 Å². The van der Waals surface area contributed by atoms with E-state index in [2.05, 4.69) is 16.3 Å². The Morgan fingerprint density at radius 1 is 1.38 bits per heavy atom. The third-order valence-electron chi connectivity index (χ3n) is 3.93. The van der Waals surface area contributed by atoms with Crippen molar-refractivity contribution in [3.63, 3.8) is 0 Å². The number of halogens is 1.